The van der Waals surface area contributed by atoms with Crippen LogP contribution in [0.3, 0.4) is 0 Å². The predicted octanol–water partition coefficient (Wildman–Crippen LogP) is 4.17. The zero-order valence-corrected chi connectivity index (χ0v) is 17.8. The van der Waals surface area contributed by atoms with E-state index in [0.29, 0.717) is 36.0 Å². The molecule has 162 valence electrons. The van der Waals surface area contributed by atoms with Gasteiger partial charge in [0.1, 0.15) is 5.57 Å². The van der Waals surface area contributed by atoms with E-state index in [2.05, 4.69) is 17.6 Å². The van der Waals surface area contributed by atoms with Crippen molar-refractivity contribution in [3.8, 4) is 11.5 Å². The molecule has 1 fully saturated rings. The fraction of sp³-hybridized carbons (Fsp3) is 0.154. The number of hydrogen-bond acceptors (Lipinski definition) is 4. The molecule has 0 unspecified atom stereocenters. The number of nitrogens with zero attached hydrogens (tertiary/aromatic N) is 1. The lowest BCUT2D eigenvalue weighted by atomic mass is 10.1. The lowest BCUT2D eigenvalue weighted by Gasteiger charge is -2.14. The average molecular weight is 428 g/mol. The van der Waals surface area contributed by atoms with Gasteiger partial charge in [0.15, 0.2) is 11.5 Å². The highest BCUT2D eigenvalue weighted by molar-refractivity contribution is 6.31. The molecule has 3 aromatic rings. The van der Waals surface area contributed by atoms with Crippen LogP contribution in [0.15, 0.2) is 84.4 Å². The summed E-state index contributed by atoms with van der Waals surface area (Å²) in [5.74, 6) is 0.348. The fourth-order valence-electron chi connectivity index (χ4n) is 3.41. The maximum absolute atomic E-state index is 12.8. The first-order chi connectivity index (χ1) is 15.7. The van der Waals surface area contributed by atoms with Crippen LogP contribution < -0.4 is 19.9 Å². The SMILES string of the molecule is CCOc1cc(C=C2C(=O)NN(c3ccccc3)C2=O)ccc1OCCc1ccccc1. The van der Waals surface area contributed by atoms with Gasteiger partial charge in [-0.3, -0.25) is 15.0 Å². The van der Waals surface area contributed by atoms with Crippen molar-refractivity contribution in [1.29, 1.82) is 0 Å². The summed E-state index contributed by atoms with van der Waals surface area (Å²) in [6.07, 6.45) is 2.35. The summed E-state index contributed by atoms with van der Waals surface area (Å²) in [4.78, 5) is 25.2. The molecule has 1 aliphatic rings. The minimum atomic E-state index is -0.444. The molecule has 0 atom stereocenters. The molecule has 1 heterocycles. The molecule has 0 radical (unpaired) electrons. The molecule has 0 aliphatic carbocycles. The number of rotatable bonds is 8. The van der Waals surface area contributed by atoms with E-state index >= 15 is 0 Å². The van der Waals surface area contributed by atoms with Crippen molar-refractivity contribution in [3.05, 3.63) is 95.6 Å². The summed E-state index contributed by atoms with van der Waals surface area (Å²) in [5.41, 5.74) is 5.15. The topological polar surface area (TPSA) is 67.9 Å². The summed E-state index contributed by atoms with van der Waals surface area (Å²) in [6, 6.07) is 24.5. The van der Waals surface area contributed by atoms with Gasteiger partial charge in [0.25, 0.3) is 11.8 Å². The molecular weight excluding hydrogens is 404 g/mol. The largest absolute Gasteiger partial charge is 0.490 e. The molecule has 2 amide bonds. The Morgan fingerprint density at radius 1 is 0.875 bits per heavy atom. The van der Waals surface area contributed by atoms with E-state index in [0.717, 1.165) is 6.42 Å². The second-order valence-electron chi connectivity index (χ2n) is 7.20. The minimum Gasteiger partial charge on any atom is -0.490 e. The number of nitrogens with one attached hydrogen (secondary N) is 1. The van der Waals surface area contributed by atoms with Gasteiger partial charge in [0, 0.05) is 6.42 Å². The number of anilines is 1. The number of carbonyl (C=O) groups is 2. The van der Waals surface area contributed by atoms with E-state index < -0.39 is 11.8 Å². The fourth-order valence-corrected chi connectivity index (χ4v) is 3.41. The first-order valence-electron chi connectivity index (χ1n) is 10.5. The van der Waals surface area contributed by atoms with Gasteiger partial charge in [-0.05, 0) is 48.4 Å². The number of para-hydroxylation sites is 1. The Balaban J connectivity index is 1.51. The maximum atomic E-state index is 12.8. The quantitative estimate of drug-likeness (QED) is 0.432. The zero-order valence-electron chi connectivity index (χ0n) is 17.8. The van der Waals surface area contributed by atoms with Gasteiger partial charge in [-0.1, -0.05) is 54.6 Å². The Bertz CT molecular complexity index is 1130. The molecule has 1 N–H and O–H groups in total. The summed E-state index contributed by atoms with van der Waals surface area (Å²) in [7, 11) is 0. The van der Waals surface area contributed by atoms with E-state index in [1.165, 1.54) is 10.6 Å². The molecule has 6 nitrogen and oxygen atoms in total. The number of benzene rings is 3. The van der Waals surface area contributed by atoms with E-state index in [1.54, 1.807) is 48.5 Å². The number of carbonyl (C=O) groups excluding carboxylic acids is 2. The van der Waals surface area contributed by atoms with Crippen molar-refractivity contribution >= 4 is 23.6 Å². The molecule has 4 rings (SSSR count). The normalized spacial score (nSPS) is 14.5. The smallest absolute Gasteiger partial charge is 0.282 e. The Morgan fingerprint density at radius 2 is 1.59 bits per heavy atom. The van der Waals surface area contributed by atoms with Crippen LogP contribution in [0.5, 0.6) is 11.5 Å². The van der Waals surface area contributed by atoms with Crippen molar-refractivity contribution in [3.63, 3.8) is 0 Å². The molecule has 0 saturated carbocycles. The molecule has 1 aliphatic heterocycles. The van der Waals surface area contributed by atoms with E-state index in [9.17, 15) is 9.59 Å². The first kappa shape index (κ1) is 21.2. The minimum absolute atomic E-state index is 0.0639. The standard InChI is InChI=1S/C26H24N2O4/c1-2-31-24-18-20(13-14-23(24)32-16-15-19-9-5-3-6-10-19)17-22-25(29)27-28(26(22)30)21-11-7-4-8-12-21/h3-14,17-18H,2,15-16H2,1H3,(H,27,29). The summed E-state index contributed by atoms with van der Waals surface area (Å²) >= 11 is 0. The zero-order chi connectivity index (χ0) is 22.3. The Morgan fingerprint density at radius 3 is 2.31 bits per heavy atom. The predicted molar refractivity (Wildman–Crippen MR) is 123 cm³/mol. The van der Waals surface area contributed by atoms with Gasteiger partial charge in [-0.15, -0.1) is 0 Å². The van der Waals surface area contributed by atoms with Crippen LogP contribution in [0.1, 0.15) is 18.1 Å². The number of amides is 2. The summed E-state index contributed by atoms with van der Waals surface area (Å²) in [5, 5.41) is 1.25. The second-order valence-corrected chi connectivity index (χ2v) is 7.20. The molecule has 0 bridgehead atoms. The van der Waals surface area contributed by atoms with Crippen LogP contribution in [0.2, 0.25) is 0 Å². The van der Waals surface area contributed by atoms with Gasteiger partial charge in [0.2, 0.25) is 0 Å². The van der Waals surface area contributed by atoms with Gasteiger partial charge >= 0.3 is 0 Å². The van der Waals surface area contributed by atoms with E-state index in [1.807, 2.05) is 31.2 Å². The lowest BCUT2D eigenvalue weighted by Crippen LogP contribution is -2.35. The first-order valence-corrected chi connectivity index (χ1v) is 10.5. The van der Waals surface area contributed by atoms with Gasteiger partial charge in [-0.2, -0.15) is 0 Å². The van der Waals surface area contributed by atoms with Crippen molar-refractivity contribution in [2.45, 2.75) is 13.3 Å². The van der Waals surface area contributed by atoms with Crippen molar-refractivity contribution < 1.29 is 19.1 Å². The van der Waals surface area contributed by atoms with Crippen LogP contribution in [0.25, 0.3) is 6.08 Å². The highest BCUT2D eigenvalue weighted by atomic mass is 16.5. The Hall–Kier alpha value is -4.06. The van der Waals surface area contributed by atoms with Gasteiger partial charge in [-0.25, -0.2) is 5.01 Å². The van der Waals surface area contributed by atoms with Crippen molar-refractivity contribution in [1.82, 2.24) is 5.43 Å². The molecule has 32 heavy (non-hydrogen) atoms. The monoisotopic (exact) mass is 428 g/mol. The second kappa shape index (κ2) is 9.83. The van der Waals surface area contributed by atoms with E-state index in [-0.39, 0.29) is 5.57 Å². The summed E-state index contributed by atoms with van der Waals surface area (Å²) < 4.78 is 11.7. The molecular formula is C26H24N2O4. The highest BCUT2D eigenvalue weighted by Gasteiger charge is 2.34. The van der Waals surface area contributed by atoms with Gasteiger partial charge in [0.05, 0.1) is 18.9 Å². The van der Waals surface area contributed by atoms with Crippen LogP contribution in [-0.2, 0) is 16.0 Å². The molecule has 1 saturated heterocycles. The third-order valence-electron chi connectivity index (χ3n) is 4.98. The third-order valence-corrected chi connectivity index (χ3v) is 4.98. The molecule has 0 aromatic heterocycles. The van der Waals surface area contributed by atoms with Gasteiger partial charge < -0.3 is 9.47 Å². The maximum Gasteiger partial charge on any atom is 0.282 e. The van der Waals surface area contributed by atoms with Crippen LogP contribution in [0, 0.1) is 0 Å². The van der Waals surface area contributed by atoms with Crippen LogP contribution in [-0.4, -0.2) is 25.0 Å². The van der Waals surface area contributed by atoms with Crippen molar-refractivity contribution in [2.75, 3.05) is 18.2 Å². The number of hydrazine groups is 1. The number of ether oxygens (including phenoxy) is 2. The van der Waals surface area contributed by atoms with Crippen LogP contribution in [0.4, 0.5) is 5.69 Å². The molecule has 6 heteroatoms. The average Bonchev–Trinajstić information content (AvgIpc) is 3.10. The molecule has 3 aromatic carbocycles. The highest BCUT2D eigenvalue weighted by Crippen LogP contribution is 2.30. The third kappa shape index (κ3) is 4.81. The van der Waals surface area contributed by atoms with E-state index in [4.69, 9.17) is 9.47 Å². The Kier molecular flexibility index (Phi) is 6.51. The Labute approximate surface area is 187 Å². The van der Waals surface area contributed by atoms with Crippen molar-refractivity contribution in [2.24, 2.45) is 0 Å². The lowest BCUT2D eigenvalue weighted by molar-refractivity contribution is -0.117. The number of hydrogen-bond donors (Lipinski definition) is 1. The van der Waals surface area contributed by atoms with Crippen LogP contribution >= 0.6 is 0 Å². The summed E-state index contributed by atoms with van der Waals surface area (Å²) in [6.45, 7) is 2.87. The molecule has 0 spiro atoms.